The van der Waals surface area contributed by atoms with Crippen molar-refractivity contribution in [2.75, 3.05) is 0 Å². The van der Waals surface area contributed by atoms with Crippen LogP contribution in [0.4, 0.5) is 18.9 Å². The summed E-state index contributed by atoms with van der Waals surface area (Å²) in [5.74, 6) is -0.150. The predicted molar refractivity (Wildman–Crippen MR) is 109 cm³/mol. The lowest BCUT2D eigenvalue weighted by Gasteiger charge is -2.14. The molecule has 30 heavy (non-hydrogen) atoms. The van der Waals surface area contributed by atoms with Gasteiger partial charge in [0.25, 0.3) is 5.69 Å². The molecular formula is C19H11Cl2F3NO4P. The van der Waals surface area contributed by atoms with Crippen LogP contribution in [0.2, 0.25) is 5.02 Å². The molecule has 0 N–H and O–H groups in total. The molecule has 0 spiro atoms. The summed E-state index contributed by atoms with van der Waals surface area (Å²) in [5, 5.41) is 11.0. The lowest BCUT2D eigenvalue weighted by molar-refractivity contribution is -0.383. The van der Waals surface area contributed by atoms with E-state index in [1.165, 1.54) is 18.2 Å². The Kier molecular flexibility index (Phi) is 6.13. The van der Waals surface area contributed by atoms with Gasteiger partial charge in [0.15, 0.2) is 0 Å². The van der Waals surface area contributed by atoms with Gasteiger partial charge in [-0.1, -0.05) is 41.9 Å². The molecule has 0 saturated carbocycles. The summed E-state index contributed by atoms with van der Waals surface area (Å²) < 4.78 is 57.1. The molecule has 3 rings (SSSR count). The first-order chi connectivity index (χ1) is 14.0. The maximum absolute atomic E-state index is 13.2. The fourth-order valence-electron chi connectivity index (χ4n) is 2.60. The zero-order valence-corrected chi connectivity index (χ0v) is 17.2. The normalized spacial score (nSPS) is 13.5. The Morgan fingerprint density at radius 2 is 1.67 bits per heavy atom. The van der Waals surface area contributed by atoms with E-state index in [0.29, 0.717) is 6.07 Å². The average molecular weight is 476 g/mol. The molecule has 3 aromatic rings. The molecule has 1 atom stereocenters. The van der Waals surface area contributed by atoms with Gasteiger partial charge in [-0.05, 0) is 41.6 Å². The van der Waals surface area contributed by atoms with Crippen molar-refractivity contribution < 1.29 is 27.4 Å². The Morgan fingerprint density at radius 1 is 1.00 bits per heavy atom. The van der Waals surface area contributed by atoms with Crippen molar-refractivity contribution in [3.05, 3.63) is 87.4 Å². The SMILES string of the molecule is O=[N+]([O-])c1ccc(Oc2ccc(C(F)(F)F)cc2Cl)cc1P(=O)(Cl)c1ccccc1. The number of nitro benzene ring substituents is 1. The van der Waals surface area contributed by atoms with Crippen LogP contribution in [-0.2, 0) is 10.7 Å². The van der Waals surface area contributed by atoms with Crippen molar-refractivity contribution in [1.29, 1.82) is 0 Å². The summed E-state index contributed by atoms with van der Waals surface area (Å²) in [5.41, 5.74) is -1.44. The summed E-state index contributed by atoms with van der Waals surface area (Å²) in [7, 11) is 0. The Labute approximate surface area is 178 Å². The van der Waals surface area contributed by atoms with Crippen molar-refractivity contribution in [2.45, 2.75) is 6.18 Å². The Bertz CT molecular complexity index is 1160. The van der Waals surface area contributed by atoms with Gasteiger partial charge in [-0.3, -0.25) is 14.7 Å². The molecule has 11 heteroatoms. The largest absolute Gasteiger partial charge is 0.456 e. The molecule has 156 valence electrons. The second kappa shape index (κ2) is 8.30. The van der Waals surface area contributed by atoms with E-state index in [9.17, 15) is 27.9 Å². The number of nitrogens with zero attached hydrogens (tertiary/aromatic N) is 1. The minimum Gasteiger partial charge on any atom is -0.456 e. The summed E-state index contributed by atoms with van der Waals surface area (Å²) >= 11 is 12.1. The Hall–Kier alpha value is -2.54. The highest BCUT2D eigenvalue weighted by molar-refractivity contribution is 8.00. The molecular weight excluding hydrogens is 465 g/mol. The van der Waals surface area contributed by atoms with Crippen LogP contribution in [0.3, 0.4) is 0 Å². The maximum Gasteiger partial charge on any atom is 0.416 e. The number of benzene rings is 3. The van der Waals surface area contributed by atoms with E-state index < -0.39 is 28.8 Å². The number of alkyl halides is 3. The predicted octanol–water partition coefficient (Wildman–Crippen LogP) is 6.53. The van der Waals surface area contributed by atoms with Gasteiger partial charge < -0.3 is 4.74 Å². The van der Waals surface area contributed by atoms with Crippen LogP contribution in [0.5, 0.6) is 11.5 Å². The maximum atomic E-state index is 13.2. The molecule has 0 aliphatic heterocycles. The highest BCUT2D eigenvalue weighted by Gasteiger charge is 2.33. The molecule has 1 unspecified atom stereocenters. The first-order valence-electron chi connectivity index (χ1n) is 8.19. The number of ether oxygens (including phenoxy) is 1. The standard InChI is InChI=1S/C19H11Cl2F3NO4P/c20-15-10-12(19(22,23)24)6-9-17(15)29-13-7-8-16(25(26)27)18(11-13)30(21,28)14-4-2-1-3-5-14/h1-11H. The van der Waals surface area contributed by atoms with Crippen molar-refractivity contribution in [3.8, 4) is 11.5 Å². The summed E-state index contributed by atoms with van der Waals surface area (Å²) in [6, 6.07) is 13.6. The highest BCUT2D eigenvalue weighted by Crippen LogP contribution is 2.51. The minimum absolute atomic E-state index is 0.0333. The molecule has 3 aromatic carbocycles. The third kappa shape index (κ3) is 4.61. The van der Waals surface area contributed by atoms with E-state index in [-0.39, 0.29) is 27.1 Å². The zero-order chi connectivity index (χ0) is 22.1. The quantitative estimate of drug-likeness (QED) is 0.239. The minimum atomic E-state index is -4.58. The van der Waals surface area contributed by atoms with E-state index in [2.05, 4.69) is 0 Å². The first kappa shape index (κ1) is 22.2. The van der Waals surface area contributed by atoms with E-state index >= 15 is 0 Å². The van der Waals surface area contributed by atoms with Gasteiger partial charge in [-0.15, -0.1) is 0 Å². The third-order valence-electron chi connectivity index (χ3n) is 4.03. The van der Waals surface area contributed by atoms with Crippen molar-refractivity contribution in [2.24, 2.45) is 0 Å². The highest BCUT2D eigenvalue weighted by atomic mass is 35.7. The lowest BCUT2D eigenvalue weighted by Crippen LogP contribution is -2.16. The van der Waals surface area contributed by atoms with Crippen LogP contribution in [0.25, 0.3) is 0 Å². The molecule has 0 radical (unpaired) electrons. The van der Waals surface area contributed by atoms with Crippen LogP contribution in [0, 0.1) is 10.1 Å². The molecule has 5 nitrogen and oxygen atoms in total. The monoisotopic (exact) mass is 475 g/mol. The molecule has 0 saturated heterocycles. The molecule has 0 bridgehead atoms. The second-order valence-electron chi connectivity index (χ2n) is 6.02. The van der Waals surface area contributed by atoms with Gasteiger partial charge in [-0.2, -0.15) is 13.2 Å². The van der Waals surface area contributed by atoms with Gasteiger partial charge >= 0.3 is 6.18 Å². The number of hydrogen-bond acceptors (Lipinski definition) is 4. The van der Waals surface area contributed by atoms with Crippen molar-refractivity contribution in [3.63, 3.8) is 0 Å². The fourth-order valence-corrected chi connectivity index (χ4v) is 5.14. The Morgan fingerprint density at radius 3 is 2.23 bits per heavy atom. The summed E-state index contributed by atoms with van der Waals surface area (Å²) in [6.45, 7) is -3.89. The van der Waals surface area contributed by atoms with Crippen LogP contribution in [0.1, 0.15) is 5.56 Å². The smallest absolute Gasteiger partial charge is 0.416 e. The van der Waals surface area contributed by atoms with Gasteiger partial charge in [0, 0.05) is 11.4 Å². The van der Waals surface area contributed by atoms with E-state index in [4.69, 9.17) is 27.6 Å². The zero-order valence-electron chi connectivity index (χ0n) is 14.8. The Balaban J connectivity index is 2.04. The molecule has 0 fully saturated rings. The van der Waals surface area contributed by atoms with Crippen molar-refractivity contribution in [1.82, 2.24) is 0 Å². The van der Waals surface area contributed by atoms with Crippen LogP contribution < -0.4 is 15.3 Å². The number of hydrogen-bond donors (Lipinski definition) is 0. The van der Waals surface area contributed by atoms with Gasteiger partial charge in [0.2, 0.25) is 6.49 Å². The number of rotatable bonds is 5. The molecule has 0 aliphatic carbocycles. The van der Waals surface area contributed by atoms with Gasteiger partial charge in [0.1, 0.15) is 16.8 Å². The van der Waals surface area contributed by atoms with E-state index in [1.54, 1.807) is 18.2 Å². The van der Waals surface area contributed by atoms with Gasteiger partial charge in [-0.25, -0.2) is 0 Å². The topological polar surface area (TPSA) is 69.4 Å². The van der Waals surface area contributed by atoms with Crippen LogP contribution >= 0.6 is 29.3 Å². The molecule has 0 amide bonds. The first-order valence-corrected chi connectivity index (χ1v) is 11.2. The second-order valence-corrected chi connectivity index (χ2v) is 9.92. The van der Waals surface area contributed by atoms with Crippen LogP contribution in [-0.4, -0.2) is 4.92 Å². The molecule has 0 aromatic heterocycles. The molecule has 0 heterocycles. The van der Waals surface area contributed by atoms with Gasteiger partial charge in [0.05, 0.1) is 15.5 Å². The lowest BCUT2D eigenvalue weighted by atomic mass is 10.2. The van der Waals surface area contributed by atoms with E-state index in [1.807, 2.05) is 0 Å². The van der Waals surface area contributed by atoms with E-state index in [0.717, 1.165) is 24.3 Å². The number of halogens is 5. The summed E-state index contributed by atoms with van der Waals surface area (Å²) in [4.78, 5) is 10.7. The van der Waals surface area contributed by atoms with Crippen molar-refractivity contribution >= 4 is 45.6 Å². The number of nitro groups is 1. The average Bonchev–Trinajstić information content (AvgIpc) is 2.69. The molecule has 0 aliphatic rings. The summed E-state index contributed by atoms with van der Waals surface area (Å²) in [6.07, 6.45) is -4.58. The fraction of sp³-hybridized carbons (Fsp3) is 0.0526. The van der Waals surface area contributed by atoms with Crippen LogP contribution in [0.15, 0.2) is 66.7 Å². The third-order valence-corrected chi connectivity index (χ3v) is 7.40.